The first kappa shape index (κ1) is 20.0. The monoisotopic (exact) mass is 412 g/mol. The van der Waals surface area contributed by atoms with Crippen molar-refractivity contribution in [2.45, 2.75) is 6.92 Å². The molecule has 1 aliphatic heterocycles. The van der Waals surface area contributed by atoms with Gasteiger partial charge in [-0.1, -0.05) is 90.4 Å². The fourth-order valence-electron chi connectivity index (χ4n) is 4.31. The largest absolute Gasteiger partial charge is 0.352 e. The van der Waals surface area contributed by atoms with Crippen molar-refractivity contribution in [3.8, 4) is 0 Å². The number of nitrogens with one attached hydrogen (secondary N) is 2. The second-order valence-corrected chi connectivity index (χ2v) is 8.01. The molecule has 0 spiro atoms. The van der Waals surface area contributed by atoms with Gasteiger partial charge in [0, 0.05) is 5.56 Å². The highest BCUT2D eigenvalue weighted by Gasteiger charge is 2.16. The Kier molecular flexibility index (Phi) is 5.39. The minimum absolute atomic E-state index is 1.09. The van der Waals surface area contributed by atoms with E-state index < -0.39 is 0 Å². The van der Waals surface area contributed by atoms with Crippen molar-refractivity contribution < 1.29 is 0 Å². The maximum atomic E-state index is 3.63. The Balaban J connectivity index is 1.65. The number of benzene rings is 4. The van der Waals surface area contributed by atoms with E-state index in [4.69, 9.17) is 0 Å². The Morgan fingerprint density at radius 3 is 2.34 bits per heavy atom. The first-order valence-corrected chi connectivity index (χ1v) is 11.0. The quantitative estimate of drug-likeness (QED) is 0.198. The molecule has 0 aromatic heterocycles. The highest BCUT2D eigenvalue weighted by atomic mass is 15.0. The highest BCUT2D eigenvalue weighted by molar-refractivity contribution is 6.41. The van der Waals surface area contributed by atoms with E-state index in [1.54, 1.807) is 0 Å². The second kappa shape index (κ2) is 8.64. The van der Waals surface area contributed by atoms with Gasteiger partial charge in [0.15, 0.2) is 0 Å². The van der Waals surface area contributed by atoms with E-state index in [0.717, 1.165) is 28.3 Å². The van der Waals surface area contributed by atoms with E-state index >= 15 is 0 Å². The van der Waals surface area contributed by atoms with Crippen molar-refractivity contribution in [3.63, 3.8) is 0 Å². The van der Waals surface area contributed by atoms with Crippen LogP contribution < -0.4 is 16.1 Å². The van der Waals surface area contributed by atoms with E-state index in [0.29, 0.717) is 0 Å². The molecule has 5 rings (SSSR count). The molecule has 0 aliphatic carbocycles. The van der Waals surface area contributed by atoms with Crippen LogP contribution in [0, 0.1) is 0 Å². The number of allylic oxidation sites excluding steroid dienone is 5. The van der Waals surface area contributed by atoms with Gasteiger partial charge in [0.2, 0.25) is 0 Å². The fraction of sp³-hybridized carbons (Fsp3) is 0.0345. The summed E-state index contributed by atoms with van der Waals surface area (Å²) in [4.78, 5) is 0. The Bertz CT molecular complexity index is 1400. The minimum Gasteiger partial charge on any atom is -0.352 e. The van der Waals surface area contributed by atoms with Crippen LogP contribution in [0.4, 0.5) is 22.7 Å². The molecular formula is C29H25BN2. The predicted octanol–water partition coefficient (Wildman–Crippen LogP) is 6.57. The molecule has 3 heteroatoms. The summed E-state index contributed by atoms with van der Waals surface area (Å²) in [6, 6.07) is 27.7. The SMILES string of the molecule is Bc1c(C(/C=C\C=C/C)=C\c2cccc3c2Nc2ccccc2N3)ccc2ccccc12. The van der Waals surface area contributed by atoms with E-state index in [9.17, 15) is 0 Å². The molecule has 4 aromatic rings. The average Bonchev–Trinajstić information content (AvgIpc) is 2.83. The molecule has 32 heavy (non-hydrogen) atoms. The molecule has 0 saturated carbocycles. The van der Waals surface area contributed by atoms with Gasteiger partial charge in [-0.05, 0) is 53.1 Å². The van der Waals surface area contributed by atoms with Gasteiger partial charge in [-0.3, -0.25) is 0 Å². The van der Waals surface area contributed by atoms with Gasteiger partial charge in [0.1, 0.15) is 7.85 Å². The van der Waals surface area contributed by atoms with E-state index in [-0.39, 0.29) is 0 Å². The summed E-state index contributed by atoms with van der Waals surface area (Å²) in [5.41, 5.74) is 9.24. The van der Waals surface area contributed by atoms with Crippen molar-refractivity contribution in [1.82, 2.24) is 0 Å². The molecule has 2 N–H and O–H groups in total. The number of rotatable bonds is 4. The Morgan fingerprint density at radius 1 is 0.750 bits per heavy atom. The van der Waals surface area contributed by atoms with Crippen LogP contribution in [0.3, 0.4) is 0 Å². The van der Waals surface area contributed by atoms with Gasteiger partial charge < -0.3 is 10.6 Å². The number of anilines is 4. The van der Waals surface area contributed by atoms with Gasteiger partial charge in [-0.25, -0.2) is 0 Å². The standard InChI is InChI=1S/C29H25BN2/c1-2-3-4-11-21(24-18-17-20-10-5-6-13-23(20)28(24)30)19-22-12-9-16-27-29(22)32-26-15-8-7-14-25(26)31-27/h2-19,31-32H,30H2,1H3/b3-2-,11-4-,21-19-. The number of hydrogen-bond donors (Lipinski definition) is 2. The third-order valence-electron chi connectivity index (χ3n) is 5.95. The molecule has 0 saturated heterocycles. The van der Waals surface area contributed by atoms with Crippen molar-refractivity contribution in [1.29, 1.82) is 0 Å². The molecular weight excluding hydrogens is 387 g/mol. The zero-order valence-corrected chi connectivity index (χ0v) is 18.4. The maximum Gasteiger partial charge on any atom is 0.140 e. The topological polar surface area (TPSA) is 24.1 Å². The van der Waals surface area contributed by atoms with Crippen LogP contribution >= 0.6 is 0 Å². The van der Waals surface area contributed by atoms with Gasteiger partial charge in [-0.15, -0.1) is 0 Å². The van der Waals surface area contributed by atoms with E-state index in [1.165, 1.54) is 27.4 Å². The first-order valence-electron chi connectivity index (χ1n) is 11.0. The van der Waals surface area contributed by atoms with Crippen LogP contribution in [0.25, 0.3) is 22.4 Å². The van der Waals surface area contributed by atoms with Crippen LogP contribution in [0.5, 0.6) is 0 Å². The Hall–Kier alpha value is -3.98. The molecule has 0 unspecified atom stereocenters. The zero-order valence-electron chi connectivity index (χ0n) is 18.4. The summed E-state index contributed by atoms with van der Waals surface area (Å²) in [5.74, 6) is 0. The number of para-hydroxylation sites is 3. The van der Waals surface area contributed by atoms with E-state index in [1.807, 2.05) is 13.0 Å². The third kappa shape index (κ3) is 3.74. The summed E-state index contributed by atoms with van der Waals surface area (Å²) < 4.78 is 0. The molecule has 0 atom stereocenters. The van der Waals surface area contributed by atoms with Crippen LogP contribution in [0.1, 0.15) is 18.1 Å². The molecule has 1 aliphatic rings. The lowest BCUT2D eigenvalue weighted by atomic mass is 9.82. The number of hydrogen-bond acceptors (Lipinski definition) is 2. The van der Waals surface area contributed by atoms with Gasteiger partial charge in [0.05, 0.1) is 22.7 Å². The normalized spacial score (nSPS) is 13.1. The maximum absolute atomic E-state index is 3.63. The van der Waals surface area contributed by atoms with Crippen molar-refractivity contribution in [2.24, 2.45) is 0 Å². The lowest BCUT2D eigenvalue weighted by Gasteiger charge is -2.24. The lowest BCUT2D eigenvalue weighted by Crippen LogP contribution is -2.11. The summed E-state index contributed by atoms with van der Waals surface area (Å²) in [6.07, 6.45) is 10.7. The Morgan fingerprint density at radius 2 is 1.50 bits per heavy atom. The van der Waals surface area contributed by atoms with Gasteiger partial charge in [0.25, 0.3) is 0 Å². The van der Waals surface area contributed by atoms with Crippen LogP contribution in [-0.4, -0.2) is 7.85 Å². The van der Waals surface area contributed by atoms with E-state index in [2.05, 4.69) is 122 Å². The Labute approximate surface area is 190 Å². The molecule has 4 aromatic carbocycles. The molecule has 0 radical (unpaired) electrons. The third-order valence-corrected chi connectivity index (χ3v) is 5.95. The number of fused-ring (bicyclic) bond motifs is 3. The van der Waals surface area contributed by atoms with Crippen LogP contribution in [0.15, 0.2) is 103 Å². The predicted molar refractivity (Wildman–Crippen MR) is 143 cm³/mol. The molecule has 0 bridgehead atoms. The molecule has 0 amide bonds. The van der Waals surface area contributed by atoms with Crippen molar-refractivity contribution >= 4 is 58.5 Å². The van der Waals surface area contributed by atoms with Crippen molar-refractivity contribution in [3.05, 3.63) is 114 Å². The molecule has 154 valence electrons. The summed E-state index contributed by atoms with van der Waals surface area (Å²) >= 11 is 0. The fourth-order valence-corrected chi connectivity index (χ4v) is 4.31. The molecule has 0 fully saturated rings. The first-order chi connectivity index (χ1) is 15.7. The summed E-state index contributed by atoms with van der Waals surface area (Å²) in [6.45, 7) is 2.04. The summed E-state index contributed by atoms with van der Waals surface area (Å²) in [5, 5.41) is 9.75. The zero-order chi connectivity index (χ0) is 21.9. The lowest BCUT2D eigenvalue weighted by molar-refractivity contribution is 1.44. The average molecular weight is 412 g/mol. The van der Waals surface area contributed by atoms with Crippen LogP contribution in [0.2, 0.25) is 0 Å². The second-order valence-electron chi connectivity index (χ2n) is 8.01. The van der Waals surface area contributed by atoms with Crippen LogP contribution in [-0.2, 0) is 0 Å². The highest BCUT2D eigenvalue weighted by Crippen LogP contribution is 2.41. The van der Waals surface area contributed by atoms with Crippen molar-refractivity contribution in [2.75, 3.05) is 10.6 Å². The van der Waals surface area contributed by atoms with Gasteiger partial charge in [-0.2, -0.15) is 0 Å². The smallest absolute Gasteiger partial charge is 0.140 e. The van der Waals surface area contributed by atoms with Gasteiger partial charge >= 0.3 is 0 Å². The summed E-state index contributed by atoms with van der Waals surface area (Å²) in [7, 11) is 2.21. The minimum atomic E-state index is 1.09. The molecule has 1 heterocycles. The molecule has 2 nitrogen and oxygen atoms in total.